The smallest absolute Gasteiger partial charge is 0.164 e. The van der Waals surface area contributed by atoms with Gasteiger partial charge in [-0.25, -0.2) is 15.0 Å². The van der Waals surface area contributed by atoms with Crippen LogP contribution in [0.2, 0.25) is 0 Å². The van der Waals surface area contributed by atoms with Gasteiger partial charge < -0.3 is 9.13 Å². The van der Waals surface area contributed by atoms with Crippen molar-refractivity contribution >= 4 is 43.6 Å². The number of hydrogen-bond donors (Lipinski definition) is 0. The highest BCUT2D eigenvalue weighted by Gasteiger charge is 2.17. The third-order valence-corrected chi connectivity index (χ3v) is 11.1. The van der Waals surface area contributed by atoms with Gasteiger partial charge in [0.1, 0.15) is 0 Å². The topological polar surface area (TPSA) is 48.5 Å². The van der Waals surface area contributed by atoms with Crippen molar-refractivity contribution in [1.29, 1.82) is 0 Å². The Morgan fingerprint density at radius 1 is 0.298 bits per heavy atom. The second kappa shape index (κ2) is 13.3. The van der Waals surface area contributed by atoms with Gasteiger partial charge in [0.25, 0.3) is 0 Å². The van der Waals surface area contributed by atoms with E-state index in [1.165, 1.54) is 43.7 Å². The molecule has 0 aliphatic carbocycles. The Labute approximate surface area is 329 Å². The number of aryl methyl sites for hydroxylation is 1. The summed E-state index contributed by atoms with van der Waals surface area (Å²) < 4.78 is 4.74. The molecule has 0 fully saturated rings. The van der Waals surface area contributed by atoms with Gasteiger partial charge in [-0.3, -0.25) is 0 Å². The summed E-state index contributed by atoms with van der Waals surface area (Å²) in [6.45, 7) is 2.09. The average molecular weight is 730 g/mol. The van der Waals surface area contributed by atoms with Crippen molar-refractivity contribution in [1.82, 2.24) is 24.1 Å². The molecule has 0 spiro atoms. The summed E-state index contributed by atoms with van der Waals surface area (Å²) in [5.41, 5.74) is 13.2. The highest BCUT2D eigenvalue weighted by Crippen LogP contribution is 2.37. The second-order valence-electron chi connectivity index (χ2n) is 14.6. The van der Waals surface area contributed by atoms with Crippen LogP contribution in [0, 0.1) is 6.92 Å². The lowest BCUT2D eigenvalue weighted by Crippen LogP contribution is -2.01. The number of para-hydroxylation sites is 3. The number of hydrogen-bond acceptors (Lipinski definition) is 3. The van der Waals surface area contributed by atoms with E-state index in [9.17, 15) is 0 Å². The standard InChI is InChI=1S/C52H35N5/c1-34-19-21-37(22-20-34)50-53-51(38-25-23-36(24-26-38)35-11-3-2-4-12-35)55-52(54-50)39-27-29-40(30-28-39)56-48-18-10-7-15-44(48)45-33-41(31-32-49(45)56)57-46-16-8-5-13-42(46)43-14-6-9-17-47(43)57/h2-33H,1H3. The molecule has 3 heterocycles. The molecular weight excluding hydrogens is 695 g/mol. The maximum Gasteiger partial charge on any atom is 0.164 e. The van der Waals surface area contributed by atoms with Crippen molar-refractivity contribution in [3.05, 3.63) is 200 Å². The Kier molecular flexibility index (Phi) is 7.64. The fourth-order valence-corrected chi connectivity index (χ4v) is 8.25. The molecule has 0 radical (unpaired) electrons. The van der Waals surface area contributed by atoms with Gasteiger partial charge in [-0.1, -0.05) is 139 Å². The van der Waals surface area contributed by atoms with Gasteiger partial charge in [-0.15, -0.1) is 0 Å². The van der Waals surface area contributed by atoms with Gasteiger partial charge in [0.2, 0.25) is 0 Å². The molecule has 57 heavy (non-hydrogen) atoms. The molecule has 0 aliphatic heterocycles. The van der Waals surface area contributed by atoms with Crippen molar-refractivity contribution in [2.45, 2.75) is 6.92 Å². The quantitative estimate of drug-likeness (QED) is 0.171. The molecule has 11 rings (SSSR count). The maximum absolute atomic E-state index is 5.06. The van der Waals surface area contributed by atoms with Crippen molar-refractivity contribution in [3.8, 4) is 56.7 Å². The molecule has 0 unspecified atom stereocenters. The lowest BCUT2D eigenvalue weighted by molar-refractivity contribution is 1.07. The van der Waals surface area contributed by atoms with Gasteiger partial charge in [-0.05, 0) is 78.7 Å². The number of fused-ring (bicyclic) bond motifs is 6. The lowest BCUT2D eigenvalue weighted by atomic mass is 10.0. The molecule has 268 valence electrons. The molecule has 0 N–H and O–H groups in total. The Balaban J connectivity index is 1.01. The van der Waals surface area contributed by atoms with Crippen LogP contribution in [0.25, 0.3) is 100 Å². The molecular formula is C52H35N5. The van der Waals surface area contributed by atoms with Crippen LogP contribution in [-0.4, -0.2) is 24.1 Å². The zero-order valence-corrected chi connectivity index (χ0v) is 31.2. The van der Waals surface area contributed by atoms with E-state index in [0.717, 1.165) is 44.7 Å². The predicted octanol–water partition coefficient (Wildman–Crippen LogP) is 13.0. The fraction of sp³-hybridized carbons (Fsp3) is 0.0192. The maximum atomic E-state index is 5.06. The highest BCUT2D eigenvalue weighted by molar-refractivity contribution is 6.12. The molecule has 11 aromatic rings. The third kappa shape index (κ3) is 5.59. The first kappa shape index (κ1) is 32.8. The largest absolute Gasteiger partial charge is 0.309 e. The van der Waals surface area contributed by atoms with Crippen LogP contribution in [0.15, 0.2) is 194 Å². The van der Waals surface area contributed by atoms with E-state index in [1.807, 2.05) is 6.07 Å². The average Bonchev–Trinajstić information content (AvgIpc) is 3.79. The Bertz CT molecular complexity index is 3210. The van der Waals surface area contributed by atoms with Crippen molar-refractivity contribution in [3.63, 3.8) is 0 Å². The number of aromatic nitrogens is 5. The minimum absolute atomic E-state index is 0.632. The predicted molar refractivity (Wildman–Crippen MR) is 235 cm³/mol. The van der Waals surface area contributed by atoms with E-state index < -0.39 is 0 Å². The van der Waals surface area contributed by atoms with Gasteiger partial charge in [0.05, 0.1) is 22.1 Å². The summed E-state index contributed by atoms with van der Waals surface area (Å²) >= 11 is 0. The van der Waals surface area contributed by atoms with Crippen LogP contribution in [-0.2, 0) is 0 Å². The fourth-order valence-electron chi connectivity index (χ4n) is 8.25. The zero-order valence-electron chi connectivity index (χ0n) is 31.2. The molecule has 0 amide bonds. The zero-order chi connectivity index (χ0) is 37.9. The van der Waals surface area contributed by atoms with Crippen LogP contribution in [0.4, 0.5) is 0 Å². The van der Waals surface area contributed by atoms with Crippen molar-refractivity contribution in [2.24, 2.45) is 0 Å². The van der Waals surface area contributed by atoms with Crippen LogP contribution in [0.3, 0.4) is 0 Å². The Morgan fingerprint density at radius 3 is 1.21 bits per heavy atom. The first-order valence-electron chi connectivity index (χ1n) is 19.3. The Hall–Kier alpha value is -7.63. The number of benzene rings is 8. The minimum Gasteiger partial charge on any atom is -0.309 e. The molecule has 0 bridgehead atoms. The molecule has 0 aliphatic rings. The van der Waals surface area contributed by atoms with E-state index >= 15 is 0 Å². The van der Waals surface area contributed by atoms with Crippen molar-refractivity contribution < 1.29 is 0 Å². The molecule has 5 nitrogen and oxygen atoms in total. The summed E-state index contributed by atoms with van der Waals surface area (Å²) in [5.74, 6) is 1.92. The molecule has 5 heteroatoms. The highest BCUT2D eigenvalue weighted by atomic mass is 15.0. The Morgan fingerprint density at radius 2 is 0.667 bits per heavy atom. The van der Waals surface area contributed by atoms with Gasteiger partial charge in [0, 0.05) is 49.6 Å². The first-order chi connectivity index (χ1) is 28.2. The molecule has 0 atom stereocenters. The lowest BCUT2D eigenvalue weighted by Gasteiger charge is -2.12. The summed E-state index contributed by atoms with van der Waals surface area (Å²) in [6.07, 6.45) is 0. The van der Waals surface area contributed by atoms with Gasteiger partial charge >= 0.3 is 0 Å². The van der Waals surface area contributed by atoms with E-state index in [1.54, 1.807) is 0 Å². The van der Waals surface area contributed by atoms with Crippen LogP contribution in [0.1, 0.15) is 5.56 Å². The van der Waals surface area contributed by atoms with E-state index in [0.29, 0.717) is 17.5 Å². The van der Waals surface area contributed by atoms with Crippen molar-refractivity contribution in [2.75, 3.05) is 0 Å². The third-order valence-electron chi connectivity index (χ3n) is 11.1. The van der Waals surface area contributed by atoms with Crippen LogP contribution in [0.5, 0.6) is 0 Å². The summed E-state index contributed by atoms with van der Waals surface area (Å²) in [5, 5.41) is 4.93. The minimum atomic E-state index is 0.632. The summed E-state index contributed by atoms with van der Waals surface area (Å²) in [6, 6.07) is 68.7. The van der Waals surface area contributed by atoms with E-state index in [2.05, 4.69) is 204 Å². The number of nitrogens with zero attached hydrogens (tertiary/aromatic N) is 5. The molecule has 3 aromatic heterocycles. The summed E-state index contributed by atoms with van der Waals surface area (Å²) in [7, 11) is 0. The normalized spacial score (nSPS) is 11.6. The van der Waals surface area contributed by atoms with Gasteiger partial charge in [-0.2, -0.15) is 0 Å². The first-order valence-corrected chi connectivity index (χ1v) is 19.3. The number of rotatable bonds is 6. The van der Waals surface area contributed by atoms with Crippen LogP contribution >= 0.6 is 0 Å². The second-order valence-corrected chi connectivity index (χ2v) is 14.6. The SMILES string of the molecule is Cc1ccc(-c2nc(-c3ccc(-c4ccccc4)cc3)nc(-c3ccc(-n4c5ccccc5c5cc(-n6c7ccccc7c7ccccc76)ccc54)cc3)n2)cc1. The van der Waals surface area contributed by atoms with E-state index in [4.69, 9.17) is 15.0 Å². The summed E-state index contributed by atoms with van der Waals surface area (Å²) in [4.78, 5) is 15.1. The van der Waals surface area contributed by atoms with E-state index in [-0.39, 0.29) is 0 Å². The van der Waals surface area contributed by atoms with Crippen LogP contribution < -0.4 is 0 Å². The van der Waals surface area contributed by atoms with Gasteiger partial charge in [0.15, 0.2) is 17.5 Å². The molecule has 0 saturated carbocycles. The molecule has 0 saturated heterocycles. The molecule has 8 aromatic carbocycles. The monoisotopic (exact) mass is 729 g/mol.